The number of hydrogen-bond acceptors (Lipinski definition) is 3. The van der Waals surface area contributed by atoms with E-state index in [1.807, 2.05) is 6.92 Å². The summed E-state index contributed by atoms with van der Waals surface area (Å²) < 4.78 is 5.78. The van der Waals surface area contributed by atoms with Crippen LogP contribution in [0.15, 0.2) is 30.3 Å². The van der Waals surface area contributed by atoms with Gasteiger partial charge >= 0.3 is 5.97 Å². The third-order valence-electron chi connectivity index (χ3n) is 3.06. The van der Waals surface area contributed by atoms with Gasteiger partial charge in [0, 0.05) is 11.5 Å². The fourth-order valence-corrected chi connectivity index (χ4v) is 2.31. The molecule has 1 heterocycles. The Labute approximate surface area is 118 Å². The van der Waals surface area contributed by atoms with Crippen molar-refractivity contribution in [2.75, 3.05) is 0 Å². The fourth-order valence-electron chi connectivity index (χ4n) is 2.31. The monoisotopic (exact) mass is 273 g/mol. The molecule has 106 valence electrons. The molecule has 4 heteroatoms. The molecule has 20 heavy (non-hydrogen) atoms. The van der Waals surface area contributed by atoms with Crippen LogP contribution in [0.5, 0.6) is 5.88 Å². The summed E-state index contributed by atoms with van der Waals surface area (Å²) >= 11 is 0. The van der Waals surface area contributed by atoms with Crippen LogP contribution in [0.1, 0.15) is 37.6 Å². The topological polar surface area (TPSA) is 59.4 Å². The van der Waals surface area contributed by atoms with E-state index in [1.165, 1.54) is 0 Å². The number of nitrogens with zero attached hydrogens (tertiary/aromatic N) is 1. The Hall–Kier alpha value is -2.10. The zero-order chi connectivity index (χ0) is 14.7. The second-order valence-corrected chi connectivity index (χ2v) is 5.38. The maximum Gasteiger partial charge on any atom is 0.336 e. The minimum atomic E-state index is -0.945. The van der Waals surface area contributed by atoms with Crippen LogP contribution in [0, 0.1) is 5.92 Å². The number of ether oxygens (including phenoxy) is 1. The predicted molar refractivity (Wildman–Crippen MR) is 78.2 cm³/mol. The van der Waals surface area contributed by atoms with E-state index in [1.54, 1.807) is 30.3 Å². The average Bonchev–Trinajstić information content (AvgIpc) is 2.36. The van der Waals surface area contributed by atoms with E-state index in [0.717, 1.165) is 6.42 Å². The van der Waals surface area contributed by atoms with E-state index in [0.29, 0.717) is 22.7 Å². The van der Waals surface area contributed by atoms with Gasteiger partial charge in [0.25, 0.3) is 0 Å². The van der Waals surface area contributed by atoms with Crippen LogP contribution < -0.4 is 4.74 Å². The molecule has 1 atom stereocenters. The maximum atomic E-state index is 11.1. The van der Waals surface area contributed by atoms with Gasteiger partial charge in [-0.25, -0.2) is 9.78 Å². The molecule has 4 nitrogen and oxygen atoms in total. The quantitative estimate of drug-likeness (QED) is 0.901. The highest BCUT2D eigenvalue weighted by molar-refractivity contribution is 6.02. The van der Waals surface area contributed by atoms with Crippen molar-refractivity contribution in [2.24, 2.45) is 5.92 Å². The van der Waals surface area contributed by atoms with Gasteiger partial charge in [-0.2, -0.15) is 0 Å². The Morgan fingerprint density at radius 1 is 1.25 bits per heavy atom. The fraction of sp³-hybridized carbons (Fsp3) is 0.375. The van der Waals surface area contributed by atoms with Crippen molar-refractivity contribution >= 4 is 16.9 Å². The average molecular weight is 273 g/mol. The molecule has 0 saturated heterocycles. The smallest absolute Gasteiger partial charge is 0.336 e. The van der Waals surface area contributed by atoms with Crippen molar-refractivity contribution in [1.82, 2.24) is 4.98 Å². The van der Waals surface area contributed by atoms with Crippen molar-refractivity contribution in [2.45, 2.75) is 33.3 Å². The summed E-state index contributed by atoms with van der Waals surface area (Å²) in [6.45, 7) is 6.30. The lowest BCUT2D eigenvalue weighted by Gasteiger charge is -2.16. The Morgan fingerprint density at radius 2 is 2.00 bits per heavy atom. The number of pyridine rings is 1. The Kier molecular flexibility index (Phi) is 4.23. The summed E-state index contributed by atoms with van der Waals surface area (Å²) in [6.07, 6.45) is 1.04. The molecule has 0 fully saturated rings. The summed E-state index contributed by atoms with van der Waals surface area (Å²) in [5.74, 6) is 0.150. The van der Waals surface area contributed by atoms with E-state index in [9.17, 15) is 4.79 Å². The summed E-state index contributed by atoms with van der Waals surface area (Å²) in [6, 6.07) is 8.55. The molecule has 1 aromatic carbocycles. The number of carboxylic acid groups (broad SMARTS) is 1. The normalized spacial score (nSPS) is 12.6. The lowest BCUT2D eigenvalue weighted by molar-refractivity contribution is 0.0699. The molecule has 0 radical (unpaired) electrons. The number of carbonyl (C=O) groups is 1. The van der Waals surface area contributed by atoms with Crippen LogP contribution in [-0.2, 0) is 0 Å². The lowest BCUT2D eigenvalue weighted by atomic mass is 10.1. The first-order valence-corrected chi connectivity index (χ1v) is 6.77. The second-order valence-electron chi connectivity index (χ2n) is 5.38. The van der Waals surface area contributed by atoms with E-state index in [-0.39, 0.29) is 11.7 Å². The largest absolute Gasteiger partial charge is 0.478 e. The molecule has 0 aliphatic heterocycles. The van der Waals surface area contributed by atoms with Gasteiger partial charge in [-0.3, -0.25) is 0 Å². The summed E-state index contributed by atoms with van der Waals surface area (Å²) in [7, 11) is 0. The minimum absolute atomic E-state index is 0.0857. The third-order valence-corrected chi connectivity index (χ3v) is 3.06. The zero-order valence-electron chi connectivity index (χ0n) is 12.0. The van der Waals surface area contributed by atoms with Crippen LogP contribution in [0.2, 0.25) is 0 Å². The van der Waals surface area contributed by atoms with Gasteiger partial charge in [0.05, 0.1) is 17.2 Å². The maximum absolute atomic E-state index is 11.1. The number of fused-ring (bicyclic) bond motifs is 1. The van der Waals surface area contributed by atoms with E-state index in [2.05, 4.69) is 18.8 Å². The van der Waals surface area contributed by atoms with Crippen LogP contribution in [0.4, 0.5) is 0 Å². The van der Waals surface area contributed by atoms with Gasteiger partial charge < -0.3 is 9.84 Å². The molecular weight excluding hydrogens is 254 g/mol. The molecular formula is C16H19NO3. The van der Waals surface area contributed by atoms with Gasteiger partial charge in [0.15, 0.2) is 0 Å². The van der Waals surface area contributed by atoms with E-state index < -0.39 is 5.97 Å². The highest BCUT2D eigenvalue weighted by Crippen LogP contribution is 2.22. The molecule has 1 unspecified atom stereocenters. The number of benzene rings is 1. The Balaban J connectivity index is 2.28. The molecule has 1 N–H and O–H groups in total. The summed E-state index contributed by atoms with van der Waals surface area (Å²) in [4.78, 5) is 15.5. The van der Waals surface area contributed by atoms with Crippen molar-refractivity contribution in [3.63, 3.8) is 0 Å². The molecule has 0 spiro atoms. The van der Waals surface area contributed by atoms with Crippen LogP contribution >= 0.6 is 0 Å². The van der Waals surface area contributed by atoms with Gasteiger partial charge in [-0.1, -0.05) is 19.9 Å². The van der Waals surface area contributed by atoms with Crippen molar-refractivity contribution < 1.29 is 14.6 Å². The molecule has 0 aliphatic rings. The van der Waals surface area contributed by atoms with Gasteiger partial charge in [-0.05, 0) is 37.5 Å². The Morgan fingerprint density at radius 3 is 2.65 bits per heavy atom. The number of rotatable bonds is 5. The van der Waals surface area contributed by atoms with Crippen molar-refractivity contribution in [3.8, 4) is 5.88 Å². The molecule has 0 saturated carbocycles. The third kappa shape index (κ3) is 3.26. The van der Waals surface area contributed by atoms with Gasteiger partial charge in [0.1, 0.15) is 0 Å². The first-order chi connectivity index (χ1) is 9.47. The van der Waals surface area contributed by atoms with Crippen LogP contribution in [0.25, 0.3) is 10.9 Å². The standard InChI is InChI=1S/C16H19NO3/c1-10(2)9-11(3)20-15-8-7-12-13(16(18)19)5-4-6-14(12)17-15/h4-8,10-11H,9H2,1-3H3,(H,18,19). The first-order valence-electron chi connectivity index (χ1n) is 6.77. The predicted octanol–water partition coefficient (Wildman–Crippen LogP) is 3.75. The van der Waals surface area contributed by atoms with E-state index in [4.69, 9.17) is 9.84 Å². The summed E-state index contributed by atoms with van der Waals surface area (Å²) in [5, 5.41) is 9.77. The number of aromatic nitrogens is 1. The Bertz CT molecular complexity index is 622. The minimum Gasteiger partial charge on any atom is -0.478 e. The van der Waals surface area contributed by atoms with Crippen LogP contribution in [-0.4, -0.2) is 22.2 Å². The van der Waals surface area contributed by atoms with Gasteiger partial charge in [0.2, 0.25) is 5.88 Å². The van der Waals surface area contributed by atoms with Gasteiger partial charge in [-0.15, -0.1) is 0 Å². The molecule has 1 aromatic heterocycles. The van der Waals surface area contributed by atoms with Crippen molar-refractivity contribution in [3.05, 3.63) is 35.9 Å². The van der Waals surface area contributed by atoms with Crippen LogP contribution in [0.3, 0.4) is 0 Å². The highest BCUT2D eigenvalue weighted by Gasteiger charge is 2.11. The molecule has 0 amide bonds. The van der Waals surface area contributed by atoms with Crippen molar-refractivity contribution in [1.29, 1.82) is 0 Å². The summed E-state index contributed by atoms with van der Waals surface area (Å²) in [5.41, 5.74) is 0.899. The number of hydrogen-bond donors (Lipinski definition) is 1. The second kappa shape index (κ2) is 5.90. The molecule has 0 aliphatic carbocycles. The first kappa shape index (κ1) is 14.3. The number of carboxylic acids is 1. The number of aromatic carboxylic acids is 1. The van der Waals surface area contributed by atoms with E-state index >= 15 is 0 Å². The lowest BCUT2D eigenvalue weighted by Crippen LogP contribution is -2.15. The highest BCUT2D eigenvalue weighted by atomic mass is 16.5. The molecule has 2 rings (SSSR count). The molecule has 0 bridgehead atoms. The SMILES string of the molecule is CC(C)CC(C)Oc1ccc2c(C(=O)O)cccc2n1. The molecule has 2 aromatic rings. The zero-order valence-corrected chi connectivity index (χ0v) is 12.0.